The van der Waals surface area contributed by atoms with Crippen LogP contribution in [0.5, 0.6) is 0 Å². The standard InChI is InChI=1S/C21H31N3O3S/c1-15(2)20-16(3)23(4)24(21(20)25)18-11-13-19(14-12-18)28(26,27)22-17-9-7-5-6-8-10-17/h11-15,17,22H,5-10H2,1-4H3. The Morgan fingerprint density at radius 2 is 1.61 bits per heavy atom. The first kappa shape index (κ1) is 20.9. The zero-order valence-electron chi connectivity index (χ0n) is 17.2. The molecule has 0 saturated heterocycles. The Bertz CT molecular complexity index is 977. The molecule has 0 radical (unpaired) electrons. The molecule has 1 fully saturated rings. The lowest BCUT2D eigenvalue weighted by atomic mass is 10.0. The predicted molar refractivity (Wildman–Crippen MR) is 112 cm³/mol. The van der Waals surface area contributed by atoms with Crippen molar-refractivity contribution < 1.29 is 8.42 Å². The zero-order valence-corrected chi connectivity index (χ0v) is 18.1. The van der Waals surface area contributed by atoms with Crippen LogP contribution in [0, 0.1) is 6.92 Å². The van der Waals surface area contributed by atoms with E-state index >= 15 is 0 Å². The number of rotatable bonds is 5. The summed E-state index contributed by atoms with van der Waals surface area (Å²) in [6, 6.07) is 6.58. The number of nitrogens with one attached hydrogen (secondary N) is 1. The van der Waals surface area contributed by atoms with Crippen molar-refractivity contribution in [1.82, 2.24) is 14.1 Å². The molecular weight excluding hydrogens is 374 g/mol. The summed E-state index contributed by atoms with van der Waals surface area (Å²) in [7, 11) is -1.71. The van der Waals surface area contributed by atoms with Crippen LogP contribution in [0.2, 0.25) is 0 Å². The van der Waals surface area contributed by atoms with Crippen LogP contribution < -0.4 is 10.3 Å². The molecule has 6 nitrogen and oxygen atoms in total. The van der Waals surface area contributed by atoms with E-state index in [1.165, 1.54) is 12.8 Å². The smallest absolute Gasteiger partial charge is 0.275 e. The Morgan fingerprint density at radius 1 is 1.04 bits per heavy atom. The molecule has 1 aromatic heterocycles. The van der Waals surface area contributed by atoms with E-state index in [0.29, 0.717) is 5.69 Å². The Morgan fingerprint density at radius 3 is 2.11 bits per heavy atom. The van der Waals surface area contributed by atoms with E-state index in [0.717, 1.165) is 36.9 Å². The number of benzene rings is 1. The highest BCUT2D eigenvalue weighted by Crippen LogP contribution is 2.21. The van der Waals surface area contributed by atoms with E-state index in [1.54, 1.807) is 28.9 Å². The van der Waals surface area contributed by atoms with Crippen LogP contribution in [-0.2, 0) is 17.1 Å². The van der Waals surface area contributed by atoms with Crippen molar-refractivity contribution >= 4 is 10.0 Å². The Kier molecular flexibility index (Phi) is 6.15. The molecule has 0 bridgehead atoms. The van der Waals surface area contributed by atoms with E-state index in [4.69, 9.17) is 0 Å². The number of hydrogen-bond acceptors (Lipinski definition) is 3. The minimum absolute atomic E-state index is 0.0129. The summed E-state index contributed by atoms with van der Waals surface area (Å²) in [6.45, 7) is 5.94. The van der Waals surface area contributed by atoms with Crippen molar-refractivity contribution in [3.05, 3.63) is 45.9 Å². The first-order chi connectivity index (χ1) is 13.2. The van der Waals surface area contributed by atoms with Crippen molar-refractivity contribution in [3.8, 4) is 5.69 Å². The largest absolute Gasteiger partial charge is 0.285 e. The van der Waals surface area contributed by atoms with Crippen molar-refractivity contribution in [1.29, 1.82) is 0 Å². The van der Waals surface area contributed by atoms with Gasteiger partial charge in [0, 0.05) is 24.3 Å². The lowest BCUT2D eigenvalue weighted by Gasteiger charge is -2.16. The first-order valence-corrected chi connectivity index (χ1v) is 11.6. The van der Waals surface area contributed by atoms with Crippen LogP contribution in [0.3, 0.4) is 0 Å². The molecular formula is C21H31N3O3S. The van der Waals surface area contributed by atoms with Gasteiger partial charge in [0.15, 0.2) is 0 Å². The average Bonchev–Trinajstić information content (AvgIpc) is 2.80. The second kappa shape index (κ2) is 8.25. The summed E-state index contributed by atoms with van der Waals surface area (Å²) in [4.78, 5) is 13.1. The summed E-state index contributed by atoms with van der Waals surface area (Å²) in [5, 5.41) is 0. The van der Waals surface area contributed by atoms with Crippen LogP contribution in [0.25, 0.3) is 5.69 Å². The van der Waals surface area contributed by atoms with Gasteiger partial charge in [-0.15, -0.1) is 0 Å². The van der Waals surface area contributed by atoms with E-state index in [1.807, 2.05) is 32.5 Å². The first-order valence-electron chi connectivity index (χ1n) is 10.1. The van der Waals surface area contributed by atoms with E-state index < -0.39 is 10.0 Å². The second-order valence-corrected chi connectivity index (χ2v) is 9.81. The molecule has 28 heavy (non-hydrogen) atoms. The van der Waals surface area contributed by atoms with Gasteiger partial charge in [0.2, 0.25) is 10.0 Å². The predicted octanol–water partition coefficient (Wildman–Crippen LogP) is 3.61. The van der Waals surface area contributed by atoms with Gasteiger partial charge in [0.1, 0.15) is 0 Å². The van der Waals surface area contributed by atoms with Gasteiger partial charge in [-0.3, -0.25) is 9.48 Å². The normalized spacial score (nSPS) is 16.5. The molecule has 0 atom stereocenters. The summed E-state index contributed by atoms with van der Waals surface area (Å²) < 4.78 is 31.8. The van der Waals surface area contributed by atoms with Crippen LogP contribution in [0.1, 0.15) is 69.5 Å². The van der Waals surface area contributed by atoms with Crippen LogP contribution in [0.4, 0.5) is 0 Å². The molecule has 3 rings (SSSR count). The van der Waals surface area contributed by atoms with Crippen molar-refractivity contribution in [3.63, 3.8) is 0 Å². The molecule has 154 valence electrons. The van der Waals surface area contributed by atoms with Crippen LogP contribution in [0.15, 0.2) is 34.0 Å². The summed E-state index contributed by atoms with van der Waals surface area (Å²) >= 11 is 0. The second-order valence-electron chi connectivity index (χ2n) is 8.10. The Labute approximate surface area is 167 Å². The van der Waals surface area contributed by atoms with Gasteiger partial charge in [-0.25, -0.2) is 17.8 Å². The van der Waals surface area contributed by atoms with Gasteiger partial charge in [0.25, 0.3) is 5.56 Å². The topological polar surface area (TPSA) is 73.1 Å². The zero-order chi connectivity index (χ0) is 20.5. The quantitative estimate of drug-likeness (QED) is 0.773. The van der Waals surface area contributed by atoms with Crippen molar-refractivity contribution in [2.24, 2.45) is 7.05 Å². The molecule has 0 aliphatic heterocycles. The minimum Gasteiger partial charge on any atom is -0.285 e. The molecule has 1 heterocycles. The maximum atomic E-state index is 12.8. The molecule has 0 amide bonds. The van der Waals surface area contributed by atoms with E-state index in [2.05, 4.69) is 4.72 Å². The SMILES string of the molecule is Cc1c(C(C)C)c(=O)n(-c2ccc(S(=O)(=O)NC3CCCCCC3)cc2)n1C. The lowest BCUT2D eigenvalue weighted by molar-refractivity contribution is 0.510. The number of aromatic nitrogens is 2. The van der Waals surface area contributed by atoms with Crippen molar-refractivity contribution in [2.45, 2.75) is 76.2 Å². The lowest BCUT2D eigenvalue weighted by Crippen LogP contribution is -2.34. The highest BCUT2D eigenvalue weighted by atomic mass is 32.2. The minimum atomic E-state index is -3.56. The van der Waals surface area contributed by atoms with Gasteiger partial charge in [-0.2, -0.15) is 0 Å². The summed E-state index contributed by atoms with van der Waals surface area (Å²) in [5.74, 6) is 0.128. The molecule has 7 heteroatoms. The molecule has 1 N–H and O–H groups in total. The fraction of sp³-hybridized carbons (Fsp3) is 0.571. The third-order valence-electron chi connectivity index (χ3n) is 5.74. The number of sulfonamides is 1. The molecule has 1 aromatic carbocycles. The summed E-state index contributed by atoms with van der Waals surface area (Å²) in [6.07, 6.45) is 6.28. The van der Waals surface area contributed by atoms with Gasteiger partial charge in [0.05, 0.1) is 10.6 Å². The summed E-state index contributed by atoms with van der Waals surface area (Å²) in [5.41, 5.74) is 2.32. The average molecular weight is 406 g/mol. The fourth-order valence-electron chi connectivity index (χ4n) is 4.14. The number of nitrogens with zero attached hydrogens (tertiary/aromatic N) is 2. The molecule has 0 unspecified atom stereocenters. The monoisotopic (exact) mass is 405 g/mol. The molecule has 1 aliphatic rings. The van der Waals surface area contributed by atoms with Gasteiger partial charge in [-0.1, -0.05) is 39.5 Å². The molecule has 1 aliphatic carbocycles. The molecule has 1 saturated carbocycles. The van der Waals surface area contributed by atoms with Crippen LogP contribution in [-0.4, -0.2) is 23.8 Å². The van der Waals surface area contributed by atoms with E-state index in [-0.39, 0.29) is 22.4 Å². The molecule has 0 spiro atoms. The Hall–Kier alpha value is -1.86. The van der Waals surface area contributed by atoms with Crippen molar-refractivity contribution in [2.75, 3.05) is 0 Å². The highest BCUT2D eigenvalue weighted by Gasteiger charge is 2.22. The number of hydrogen-bond donors (Lipinski definition) is 1. The highest BCUT2D eigenvalue weighted by molar-refractivity contribution is 7.89. The van der Waals surface area contributed by atoms with Gasteiger partial charge < -0.3 is 0 Å². The van der Waals surface area contributed by atoms with Gasteiger partial charge in [-0.05, 0) is 49.9 Å². The maximum absolute atomic E-state index is 12.8. The Balaban J connectivity index is 1.88. The van der Waals surface area contributed by atoms with E-state index in [9.17, 15) is 13.2 Å². The third-order valence-corrected chi connectivity index (χ3v) is 7.28. The fourth-order valence-corrected chi connectivity index (χ4v) is 5.44. The maximum Gasteiger partial charge on any atom is 0.275 e. The third kappa shape index (κ3) is 4.10. The van der Waals surface area contributed by atoms with Gasteiger partial charge >= 0.3 is 0 Å². The van der Waals surface area contributed by atoms with Crippen LogP contribution >= 0.6 is 0 Å². The molecule has 2 aromatic rings.